The summed E-state index contributed by atoms with van der Waals surface area (Å²) in [5, 5.41) is 10.9. The van der Waals surface area contributed by atoms with E-state index in [0.29, 0.717) is 38.5 Å². The summed E-state index contributed by atoms with van der Waals surface area (Å²) in [6, 6.07) is 12.3. The standard InChI is InChI=1S/C21H14ClN3O5S/c1-28-21(27)19-18(22)12-4-3-11(7-17(12)31-19)23-20(26)14-8-13(24-25-14)10-2-5-15-16(6-10)30-9-29-15/h2-8H,9H2,1H3,(H,23,26)(H,24,25). The van der Waals surface area contributed by atoms with E-state index in [1.165, 1.54) is 18.4 Å². The van der Waals surface area contributed by atoms with Crippen LogP contribution in [-0.4, -0.2) is 36.0 Å². The Hall–Kier alpha value is -3.56. The lowest BCUT2D eigenvalue weighted by atomic mass is 10.1. The second-order valence-electron chi connectivity index (χ2n) is 6.64. The molecule has 2 aromatic heterocycles. The molecule has 0 atom stereocenters. The molecule has 0 aliphatic carbocycles. The van der Waals surface area contributed by atoms with E-state index < -0.39 is 5.97 Å². The van der Waals surface area contributed by atoms with E-state index in [2.05, 4.69) is 15.5 Å². The molecule has 0 bridgehead atoms. The first-order chi connectivity index (χ1) is 15.0. The van der Waals surface area contributed by atoms with Gasteiger partial charge in [-0.3, -0.25) is 9.89 Å². The fourth-order valence-electron chi connectivity index (χ4n) is 3.21. The number of amides is 1. The Morgan fingerprint density at radius 2 is 2.00 bits per heavy atom. The van der Waals surface area contributed by atoms with Crippen molar-refractivity contribution < 1.29 is 23.8 Å². The van der Waals surface area contributed by atoms with Crippen molar-refractivity contribution in [2.75, 3.05) is 19.2 Å². The van der Waals surface area contributed by atoms with Crippen LogP contribution in [0.5, 0.6) is 11.5 Å². The number of hydrogen-bond donors (Lipinski definition) is 2. The molecule has 31 heavy (non-hydrogen) atoms. The van der Waals surface area contributed by atoms with Crippen molar-refractivity contribution >= 4 is 50.6 Å². The summed E-state index contributed by atoms with van der Waals surface area (Å²) in [5.41, 5.74) is 2.26. The molecule has 3 heterocycles. The summed E-state index contributed by atoms with van der Waals surface area (Å²) in [4.78, 5) is 24.9. The first-order valence-electron chi connectivity index (χ1n) is 9.10. The number of benzene rings is 2. The minimum Gasteiger partial charge on any atom is -0.465 e. The molecule has 0 saturated heterocycles. The van der Waals surface area contributed by atoms with Crippen LogP contribution < -0.4 is 14.8 Å². The first-order valence-corrected chi connectivity index (χ1v) is 10.3. The lowest BCUT2D eigenvalue weighted by molar-refractivity contribution is 0.0606. The van der Waals surface area contributed by atoms with Gasteiger partial charge in [-0.05, 0) is 42.5 Å². The number of carbonyl (C=O) groups excluding carboxylic acids is 2. The third-order valence-electron chi connectivity index (χ3n) is 4.75. The molecule has 0 fully saturated rings. The highest BCUT2D eigenvalue weighted by Gasteiger charge is 2.19. The molecular weight excluding hydrogens is 442 g/mol. The number of ether oxygens (including phenoxy) is 3. The Morgan fingerprint density at radius 1 is 1.16 bits per heavy atom. The van der Waals surface area contributed by atoms with E-state index in [1.807, 2.05) is 12.1 Å². The van der Waals surface area contributed by atoms with Gasteiger partial charge in [0.25, 0.3) is 5.91 Å². The van der Waals surface area contributed by atoms with Crippen LogP contribution in [0.15, 0.2) is 42.5 Å². The van der Waals surface area contributed by atoms with E-state index in [4.69, 9.17) is 25.8 Å². The topological polar surface area (TPSA) is 103 Å². The lowest BCUT2D eigenvalue weighted by Crippen LogP contribution is -2.12. The highest BCUT2D eigenvalue weighted by atomic mass is 35.5. The number of esters is 1. The fourth-order valence-corrected chi connectivity index (χ4v) is 4.67. The number of anilines is 1. The molecule has 0 radical (unpaired) electrons. The van der Waals surface area contributed by atoms with E-state index in [-0.39, 0.29) is 12.7 Å². The van der Waals surface area contributed by atoms with Crippen LogP contribution in [0, 0.1) is 0 Å². The van der Waals surface area contributed by atoms with Gasteiger partial charge in [0.05, 0.1) is 17.8 Å². The number of carbonyl (C=O) groups is 2. The molecule has 10 heteroatoms. The highest BCUT2D eigenvalue weighted by molar-refractivity contribution is 7.21. The zero-order chi connectivity index (χ0) is 21.5. The maximum atomic E-state index is 12.7. The molecule has 8 nitrogen and oxygen atoms in total. The lowest BCUT2D eigenvalue weighted by Gasteiger charge is -2.03. The monoisotopic (exact) mass is 455 g/mol. The Kier molecular flexibility index (Phi) is 4.76. The first kappa shape index (κ1) is 19.4. The molecule has 2 N–H and O–H groups in total. The molecule has 156 valence electrons. The molecular formula is C21H14ClN3O5S. The molecule has 0 saturated carbocycles. The van der Waals surface area contributed by atoms with Crippen LogP contribution in [0.1, 0.15) is 20.2 Å². The van der Waals surface area contributed by atoms with Crippen molar-refractivity contribution in [2.45, 2.75) is 0 Å². The van der Waals surface area contributed by atoms with Gasteiger partial charge in [0.2, 0.25) is 6.79 Å². The van der Waals surface area contributed by atoms with Gasteiger partial charge in [-0.15, -0.1) is 11.3 Å². The smallest absolute Gasteiger partial charge is 0.349 e. The zero-order valence-corrected chi connectivity index (χ0v) is 17.6. The van der Waals surface area contributed by atoms with E-state index >= 15 is 0 Å². The van der Waals surface area contributed by atoms with Gasteiger partial charge in [-0.1, -0.05) is 11.6 Å². The van der Waals surface area contributed by atoms with Crippen molar-refractivity contribution in [3.05, 3.63) is 58.1 Å². The van der Waals surface area contributed by atoms with Crippen LogP contribution in [-0.2, 0) is 4.74 Å². The number of halogens is 1. The number of hydrogen-bond acceptors (Lipinski definition) is 7. The molecule has 5 rings (SSSR count). The van der Waals surface area contributed by atoms with Crippen LogP contribution in [0.3, 0.4) is 0 Å². The van der Waals surface area contributed by atoms with E-state index in [1.54, 1.807) is 30.3 Å². The van der Waals surface area contributed by atoms with E-state index in [9.17, 15) is 9.59 Å². The number of aromatic amines is 1. The third kappa shape index (κ3) is 3.47. The average Bonchev–Trinajstić information content (AvgIpc) is 3.51. The Bertz CT molecular complexity index is 1350. The highest BCUT2D eigenvalue weighted by Crippen LogP contribution is 2.37. The van der Waals surface area contributed by atoms with Crippen molar-refractivity contribution in [3.63, 3.8) is 0 Å². The van der Waals surface area contributed by atoms with Crippen molar-refractivity contribution in [1.29, 1.82) is 0 Å². The fraction of sp³-hybridized carbons (Fsp3) is 0.0952. The van der Waals surface area contributed by atoms with Crippen LogP contribution in [0.2, 0.25) is 5.02 Å². The van der Waals surface area contributed by atoms with Gasteiger partial charge in [-0.25, -0.2) is 4.79 Å². The summed E-state index contributed by atoms with van der Waals surface area (Å²) >= 11 is 7.48. The van der Waals surface area contributed by atoms with Crippen LogP contribution in [0.25, 0.3) is 21.3 Å². The number of thiophene rings is 1. The molecule has 1 amide bonds. The number of aromatic nitrogens is 2. The predicted molar refractivity (Wildman–Crippen MR) is 116 cm³/mol. The number of nitrogens with zero attached hydrogens (tertiary/aromatic N) is 1. The molecule has 0 unspecified atom stereocenters. The maximum Gasteiger partial charge on any atom is 0.349 e. The predicted octanol–water partition coefficient (Wildman–Crippen LogP) is 4.71. The number of rotatable bonds is 4. The quantitative estimate of drug-likeness (QED) is 0.432. The summed E-state index contributed by atoms with van der Waals surface area (Å²) in [6.45, 7) is 0.188. The largest absolute Gasteiger partial charge is 0.465 e. The summed E-state index contributed by atoms with van der Waals surface area (Å²) < 4.78 is 16.2. The Morgan fingerprint density at radius 3 is 2.84 bits per heavy atom. The minimum atomic E-state index is -0.495. The molecule has 2 aromatic carbocycles. The van der Waals surface area contributed by atoms with Crippen molar-refractivity contribution in [2.24, 2.45) is 0 Å². The van der Waals surface area contributed by atoms with Crippen molar-refractivity contribution in [3.8, 4) is 22.8 Å². The Labute approximate surface area is 184 Å². The summed E-state index contributed by atoms with van der Waals surface area (Å²) in [5.74, 6) is 0.470. The SMILES string of the molecule is COC(=O)c1sc2cc(NC(=O)c3cc(-c4ccc5c(c4)OCO5)n[nH]3)ccc2c1Cl. The number of nitrogens with one attached hydrogen (secondary N) is 2. The average molecular weight is 456 g/mol. The summed E-state index contributed by atoms with van der Waals surface area (Å²) in [6.07, 6.45) is 0. The molecule has 4 aromatic rings. The maximum absolute atomic E-state index is 12.7. The van der Waals surface area contributed by atoms with E-state index in [0.717, 1.165) is 15.6 Å². The second-order valence-corrected chi connectivity index (χ2v) is 8.07. The van der Waals surface area contributed by atoms with Gasteiger partial charge in [0.1, 0.15) is 10.6 Å². The van der Waals surface area contributed by atoms with Gasteiger partial charge < -0.3 is 19.5 Å². The second kappa shape index (κ2) is 7.60. The van der Waals surface area contributed by atoms with Gasteiger partial charge in [0, 0.05) is 21.3 Å². The number of H-pyrrole nitrogens is 1. The number of methoxy groups -OCH3 is 1. The molecule has 1 aliphatic heterocycles. The molecule has 1 aliphatic rings. The van der Waals surface area contributed by atoms with Crippen molar-refractivity contribution in [1.82, 2.24) is 10.2 Å². The number of fused-ring (bicyclic) bond motifs is 2. The molecule has 0 spiro atoms. The van der Waals surface area contributed by atoms with Crippen LogP contribution >= 0.6 is 22.9 Å². The van der Waals surface area contributed by atoms with Gasteiger partial charge >= 0.3 is 5.97 Å². The van der Waals surface area contributed by atoms with Gasteiger partial charge in [0.15, 0.2) is 11.5 Å². The Balaban J connectivity index is 1.37. The van der Waals surface area contributed by atoms with Gasteiger partial charge in [-0.2, -0.15) is 5.10 Å². The normalized spacial score (nSPS) is 12.2. The third-order valence-corrected chi connectivity index (χ3v) is 6.39. The zero-order valence-electron chi connectivity index (χ0n) is 16.0. The minimum absolute atomic E-state index is 0.188. The summed E-state index contributed by atoms with van der Waals surface area (Å²) in [7, 11) is 1.30. The van der Waals surface area contributed by atoms with Crippen LogP contribution in [0.4, 0.5) is 5.69 Å².